The highest BCUT2D eigenvalue weighted by Gasteiger charge is 2.40. The van der Waals surface area contributed by atoms with Crippen molar-refractivity contribution >= 4 is 8.80 Å². The van der Waals surface area contributed by atoms with Gasteiger partial charge in [-0.2, -0.15) is 0 Å². The fourth-order valence-electron chi connectivity index (χ4n) is 1.95. The molecule has 0 atom stereocenters. The molecule has 5 nitrogen and oxygen atoms in total. The summed E-state index contributed by atoms with van der Waals surface area (Å²) in [6, 6.07) is 0.925. The van der Waals surface area contributed by atoms with Gasteiger partial charge in [0.15, 0.2) is 0 Å². The Hall–Kier alpha value is 0.0169. The monoisotopic (exact) mass is 306 g/mol. The minimum absolute atomic E-state index is 0.649. The summed E-state index contributed by atoms with van der Waals surface area (Å²) in [4.78, 5) is 0. The highest BCUT2D eigenvalue weighted by molar-refractivity contribution is 6.60. The van der Waals surface area contributed by atoms with Crippen LogP contribution < -0.4 is 10.6 Å². The predicted molar refractivity (Wildman–Crippen MR) is 86.1 cm³/mol. The summed E-state index contributed by atoms with van der Waals surface area (Å²) in [7, 11) is 1.35. The molecule has 0 unspecified atom stereocenters. The molecule has 0 bridgehead atoms. The van der Waals surface area contributed by atoms with Gasteiger partial charge in [-0.1, -0.05) is 26.2 Å². The van der Waals surface area contributed by atoms with Crippen molar-refractivity contribution < 1.29 is 13.3 Å². The zero-order valence-corrected chi connectivity index (χ0v) is 14.8. The largest absolute Gasteiger partial charge is 0.501 e. The summed E-state index contributed by atoms with van der Waals surface area (Å²) < 4.78 is 18.0. The van der Waals surface area contributed by atoms with E-state index in [0.29, 0.717) is 19.8 Å². The molecule has 0 aromatic carbocycles. The molecule has 0 saturated carbocycles. The fraction of sp³-hybridized carbons (Fsp3) is 1.00. The second-order valence-corrected chi connectivity index (χ2v) is 7.56. The van der Waals surface area contributed by atoms with Crippen LogP contribution in [-0.2, 0) is 13.3 Å². The van der Waals surface area contributed by atoms with Crippen LogP contribution in [0.25, 0.3) is 0 Å². The third-order valence-electron chi connectivity index (χ3n) is 3.05. The van der Waals surface area contributed by atoms with Crippen LogP contribution in [0, 0.1) is 0 Å². The Morgan fingerprint density at radius 3 is 1.85 bits per heavy atom. The van der Waals surface area contributed by atoms with Gasteiger partial charge in [-0.05, 0) is 27.4 Å². The molecule has 0 aromatic heterocycles. The lowest BCUT2D eigenvalue weighted by Crippen LogP contribution is -2.48. The summed E-state index contributed by atoms with van der Waals surface area (Å²) in [5, 5.41) is 6.20. The molecule has 0 saturated heterocycles. The highest BCUT2D eigenvalue weighted by Crippen LogP contribution is 2.20. The Kier molecular flexibility index (Phi) is 14.0. The second kappa shape index (κ2) is 14.0. The maximum atomic E-state index is 6.04. The topological polar surface area (TPSA) is 51.8 Å². The molecule has 0 aromatic rings. The lowest BCUT2D eigenvalue weighted by Gasteiger charge is -2.29. The lowest BCUT2D eigenvalue weighted by molar-refractivity contribution is 0.0644. The second-order valence-electron chi connectivity index (χ2n) is 4.83. The van der Waals surface area contributed by atoms with Crippen molar-refractivity contribution in [2.24, 2.45) is 0 Å². The van der Waals surface area contributed by atoms with Gasteiger partial charge in [0.1, 0.15) is 0 Å². The molecule has 0 aliphatic carbocycles. The van der Waals surface area contributed by atoms with E-state index in [0.717, 1.165) is 25.6 Å². The van der Waals surface area contributed by atoms with Crippen molar-refractivity contribution in [2.75, 3.05) is 47.0 Å². The van der Waals surface area contributed by atoms with Crippen molar-refractivity contribution in [3.8, 4) is 0 Å². The number of likely N-dealkylation sites (N-methyl/N-ethyl adjacent to an activating group) is 2. The molecule has 0 fully saturated rings. The average molecular weight is 307 g/mol. The standard InChI is InChI=1S/C14H34N2O3Si/c1-5-7-8-9-14-20(17-6-2,18-12-10-15-3)19-13-11-16-4/h15-16H,5-14H2,1-4H3. The molecule has 0 aliphatic rings. The van der Waals surface area contributed by atoms with Crippen LogP contribution in [-0.4, -0.2) is 55.8 Å². The number of unbranched alkanes of at least 4 members (excludes halogenated alkanes) is 3. The van der Waals surface area contributed by atoms with Crippen molar-refractivity contribution in [1.82, 2.24) is 10.6 Å². The Morgan fingerprint density at radius 2 is 1.40 bits per heavy atom. The number of rotatable bonds is 15. The van der Waals surface area contributed by atoms with Gasteiger partial charge in [-0.25, -0.2) is 0 Å². The van der Waals surface area contributed by atoms with Crippen molar-refractivity contribution in [3.63, 3.8) is 0 Å². The van der Waals surface area contributed by atoms with Gasteiger partial charge in [0.25, 0.3) is 0 Å². The molecule has 0 rings (SSSR count). The quantitative estimate of drug-likeness (QED) is 0.358. The molecule has 0 heterocycles. The lowest BCUT2D eigenvalue weighted by atomic mass is 10.2. The first-order valence-corrected chi connectivity index (χ1v) is 9.89. The van der Waals surface area contributed by atoms with E-state index >= 15 is 0 Å². The fourth-order valence-corrected chi connectivity index (χ4v) is 4.58. The van der Waals surface area contributed by atoms with E-state index in [2.05, 4.69) is 17.6 Å². The van der Waals surface area contributed by atoms with E-state index in [-0.39, 0.29) is 0 Å². The smallest absolute Gasteiger partial charge is 0.374 e. The molecule has 0 radical (unpaired) electrons. The van der Waals surface area contributed by atoms with Gasteiger partial charge in [0.05, 0.1) is 13.2 Å². The van der Waals surface area contributed by atoms with E-state index in [1.165, 1.54) is 19.3 Å². The summed E-state index contributed by atoms with van der Waals surface area (Å²) in [5.41, 5.74) is 0. The molecule has 20 heavy (non-hydrogen) atoms. The van der Waals surface area contributed by atoms with Gasteiger partial charge in [0, 0.05) is 25.7 Å². The molecular weight excluding hydrogens is 272 g/mol. The Balaban J connectivity index is 4.37. The first kappa shape index (κ1) is 20.0. The zero-order chi connectivity index (χ0) is 15.1. The number of hydrogen-bond donors (Lipinski definition) is 2. The number of nitrogens with one attached hydrogen (secondary N) is 2. The van der Waals surface area contributed by atoms with E-state index in [4.69, 9.17) is 13.3 Å². The SMILES string of the molecule is CCCCCC[Si](OCC)(OCCNC)OCCNC. The Labute approximate surface area is 126 Å². The van der Waals surface area contributed by atoms with Crippen LogP contribution in [0.15, 0.2) is 0 Å². The van der Waals surface area contributed by atoms with Crippen molar-refractivity contribution in [1.29, 1.82) is 0 Å². The van der Waals surface area contributed by atoms with E-state index < -0.39 is 8.80 Å². The minimum Gasteiger partial charge on any atom is -0.374 e. The summed E-state index contributed by atoms with van der Waals surface area (Å²) in [5.74, 6) is 0. The van der Waals surface area contributed by atoms with Gasteiger partial charge in [0.2, 0.25) is 0 Å². The molecule has 6 heteroatoms. The Bertz CT molecular complexity index is 199. The Morgan fingerprint density at radius 1 is 0.800 bits per heavy atom. The van der Waals surface area contributed by atoms with Crippen molar-refractivity contribution in [2.45, 2.75) is 45.6 Å². The normalized spacial score (nSPS) is 12.0. The molecule has 2 N–H and O–H groups in total. The molecular formula is C14H34N2O3Si. The number of hydrogen-bond acceptors (Lipinski definition) is 5. The first-order valence-electron chi connectivity index (χ1n) is 7.95. The van der Waals surface area contributed by atoms with Crippen LogP contribution in [0.2, 0.25) is 6.04 Å². The van der Waals surface area contributed by atoms with Gasteiger partial charge >= 0.3 is 8.80 Å². The first-order chi connectivity index (χ1) is 9.74. The van der Waals surface area contributed by atoms with Gasteiger partial charge in [-0.3, -0.25) is 0 Å². The maximum Gasteiger partial charge on any atom is 0.501 e. The van der Waals surface area contributed by atoms with Crippen LogP contribution in [0.5, 0.6) is 0 Å². The highest BCUT2D eigenvalue weighted by atomic mass is 28.4. The van der Waals surface area contributed by atoms with Crippen LogP contribution in [0.4, 0.5) is 0 Å². The van der Waals surface area contributed by atoms with Crippen LogP contribution in [0.1, 0.15) is 39.5 Å². The zero-order valence-electron chi connectivity index (χ0n) is 13.8. The molecule has 122 valence electrons. The maximum absolute atomic E-state index is 6.04. The van der Waals surface area contributed by atoms with E-state index in [1.807, 2.05) is 21.0 Å². The summed E-state index contributed by atoms with van der Waals surface area (Å²) in [6.45, 7) is 7.83. The summed E-state index contributed by atoms with van der Waals surface area (Å²) >= 11 is 0. The van der Waals surface area contributed by atoms with E-state index in [1.54, 1.807) is 0 Å². The van der Waals surface area contributed by atoms with Crippen LogP contribution >= 0.6 is 0 Å². The molecule has 0 aliphatic heterocycles. The van der Waals surface area contributed by atoms with E-state index in [9.17, 15) is 0 Å². The van der Waals surface area contributed by atoms with Crippen molar-refractivity contribution in [3.05, 3.63) is 0 Å². The third kappa shape index (κ3) is 9.85. The van der Waals surface area contributed by atoms with Gasteiger partial charge in [-0.15, -0.1) is 0 Å². The minimum atomic E-state index is -2.50. The summed E-state index contributed by atoms with van der Waals surface area (Å²) in [6.07, 6.45) is 4.86. The van der Waals surface area contributed by atoms with Gasteiger partial charge < -0.3 is 23.9 Å². The van der Waals surface area contributed by atoms with Crippen LogP contribution in [0.3, 0.4) is 0 Å². The average Bonchev–Trinajstić information content (AvgIpc) is 2.44. The molecule has 0 spiro atoms. The predicted octanol–water partition coefficient (Wildman–Crippen LogP) is 2.01. The third-order valence-corrected chi connectivity index (χ3v) is 6.03. The molecule has 0 amide bonds.